The van der Waals surface area contributed by atoms with E-state index in [0.29, 0.717) is 0 Å². The second-order valence-corrected chi connectivity index (χ2v) is 9.78. The van der Waals surface area contributed by atoms with E-state index in [-0.39, 0.29) is 5.69 Å². The maximum atomic E-state index is 14.3. The molecule has 1 N–H and O–H groups in total. The second kappa shape index (κ2) is 16.0. The minimum Gasteiger partial charge on any atom is -0.464 e. The number of para-hydroxylation sites is 1. The summed E-state index contributed by atoms with van der Waals surface area (Å²) in [7, 11) is 0.792. The predicted octanol–water partition coefficient (Wildman–Crippen LogP) is 1.82. The van der Waals surface area contributed by atoms with Gasteiger partial charge in [-0.3, -0.25) is 24.0 Å². The Morgan fingerprint density at radius 1 is 0.957 bits per heavy atom. The largest absolute Gasteiger partial charge is 0.468 e. The number of methoxy groups -OCH3 is 1. The molecule has 1 aliphatic rings. The van der Waals surface area contributed by atoms with Crippen molar-refractivity contribution in [3.05, 3.63) is 30.3 Å². The fourth-order valence-electron chi connectivity index (χ4n) is 4.42. The number of carbonyl (C=O) groups is 6. The van der Waals surface area contributed by atoms with Crippen molar-refractivity contribution < 1.29 is 75.1 Å². The number of aliphatic imine (C=N–C) groups is 1. The van der Waals surface area contributed by atoms with Gasteiger partial charge >= 0.3 is 47.7 Å². The molecule has 2 rings (SSSR count). The molecule has 0 aliphatic carbocycles. The Balaban J connectivity index is 2.89. The van der Waals surface area contributed by atoms with Crippen LogP contribution in [0.1, 0.15) is 41.0 Å². The van der Waals surface area contributed by atoms with Gasteiger partial charge in [0.25, 0.3) is 0 Å². The first-order valence-electron chi connectivity index (χ1n) is 13.5. The van der Waals surface area contributed by atoms with E-state index in [4.69, 9.17) is 33.2 Å². The third kappa shape index (κ3) is 10.7. The van der Waals surface area contributed by atoms with E-state index >= 15 is 0 Å². The number of amides is 1. The summed E-state index contributed by atoms with van der Waals surface area (Å²) in [5.74, 6) is -11.5. The molecule has 0 saturated carbocycles. The number of esters is 5. The standard InChI is InChI=1S/C28H33F3N2O13/c1-14(34)32-22-20(42-16(3)36)12-27(26(39)40-6,46-25(28(29,30)31)33-19-10-8-7-9-11-19)45-24(22)23(44-18(5)38)21(43-17(4)37)13-41-15(2)35/h7-11,20-24H,12-13H2,1-6H3,(H,32,34)/t20-,21+,22+,23+,24+,27+/m0/s1. The normalized spacial score (nSPS) is 22.7. The number of ether oxygens (including phenoxy) is 7. The van der Waals surface area contributed by atoms with Gasteiger partial charge in [0.05, 0.1) is 25.3 Å². The van der Waals surface area contributed by atoms with E-state index < -0.39 is 97.1 Å². The van der Waals surface area contributed by atoms with E-state index in [9.17, 15) is 41.9 Å². The zero-order chi connectivity index (χ0) is 34.8. The molecular formula is C28H33F3N2O13. The van der Waals surface area contributed by atoms with Crippen molar-refractivity contribution >= 4 is 47.3 Å². The molecule has 1 fully saturated rings. The van der Waals surface area contributed by atoms with E-state index in [1.54, 1.807) is 0 Å². The van der Waals surface area contributed by atoms with E-state index in [2.05, 4.69) is 10.3 Å². The minimum atomic E-state index is -5.36. The molecule has 0 spiro atoms. The van der Waals surface area contributed by atoms with Gasteiger partial charge in [-0.2, -0.15) is 13.2 Å². The smallest absolute Gasteiger partial charge is 0.464 e. The Morgan fingerprint density at radius 2 is 1.57 bits per heavy atom. The lowest BCUT2D eigenvalue weighted by atomic mass is 9.88. The maximum Gasteiger partial charge on any atom is 0.468 e. The summed E-state index contributed by atoms with van der Waals surface area (Å²) >= 11 is 0. The summed E-state index contributed by atoms with van der Waals surface area (Å²) in [6.07, 6.45) is -13.8. The summed E-state index contributed by atoms with van der Waals surface area (Å²) in [6.45, 7) is 4.01. The third-order valence-corrected chi connectivity index (χ3v) is 5.99. The molecule has 46 heavy (non-hydrogen) atoms. The van der Waals surface area contributed by atoms with Crippen molar-refractivity contribution in [3.8, 4) is 0 Å². The Hall–Kier alpha value is -4.74. The zero-order valence-corrected chi connectivity index (χ0v) is 25.6. The van der Waals surface area contributed by atoms with Crippen LogP contribution in [0.5, 0.6) is 0 Å². The van der Waals surface area contributed by atoms with Crippen LogP contribution in [0.2, 0.25) is 0 Å². The Labute approximate surface area is 260 Å². The monoisotopic (exact) mass is 662 g/mol. The average molecular weight is 663 g/mol. The molecule has 254 valence electrons. The molecular weight excluding hydrogens is 629 g/mol. The van der Waals surface area contributed by atoms with Gasteiger partial charge in [0.15, 0.2) is 12.2 Å². The number of halogens is 3. The van der Waals surface area contributed by atoms with Gasteiger partial charge in [-0.05, 0) is 12.1 Å². The molecule has 0 radical (unpaired) electrons. The number of alkyl halides is 3. The first kappa shape index (κ1) is 37.4. The predicted molar refractivity (Wildman–Crippen MR) is 146 cm³/mol. The topological polar surface area (TPSA) is 191 Å². The number of carbonyl (C=O) groups excluding carboxylic acids is 6. The van der Waals surface area contributed by atoms with Crippen LogP contribution < -0.4 is 5.32 Å². The SMILES string of the molecule is COC(=O)[C@]1(OC(=Nc2ccccc2)C(F)(F)F)C[C@H](OC(C)=O)[C@@H](NC(C)=O)[C@H]([C@H](OC(C)=O)[C@@H](COC(C)=O)OC(C)=O)O1. The second-order valence-electron chi connectivity index (χ2n) is 9.78. The molecule has 18 heteroatoms. The minimum absolute atomic E-state index is 0.246. The molecule has 1 heterocycles. The molecule has 0 unspecified atom stereocenters. The van der Waals surface area contributed by atoms with Gasteiger partial charge in [0.1, 0.15) is 18.8 Å². The number of rotatable bonds is 11. The highest BCUT2D eigenvalue weighted by atomic mass is 19.4. The number of nitrogens with one attached hydrogen (secondary N) is 1. The highest BCUT2D eigenvalue weighted by Crippen LogP contribution is 2.39. The summed E-state index contributed by atoms with van der Waals surface area (Å²) in [5, 5.41) is 2.39. The van der Waals surface area contributed by atoms with Crippen molar-refractivity contribution in [2.24, 2.45) is 4.99 Å². The zero-order valence-electron chi connectivity index (χ0n) is 25.6. The van der Waals surface area contributed by atoms with Crippen molar-refractivity contribution in [2.45, 2.75) is 83.5 Å². The van der Waals surface area contributed by atoms with Gasteiger partial charge in [-0.25, -0.2) is 9.79 Å². The molecule has 1 saturated heterocycles. The highest BCUT2D eigenvalue weighted by molar-refractivity contribution is 5.89. The van der Waals surface area contributed by atoms with Crippen molar-refractivity contribution in [3.63, 3.8) is 0 Å². The van der Waals surface area contributed by atoms with Gasteiger partial charge in [-0.15, -0.1) is 0 Å². The van der Waals surface area contributed by atoms with Crippen LogP contribution in [-0.4, -0.2) is 97.8 Å². The van der Waals surface area contributed by atoms with Crippen LogP contribution in [0.25, 0.3) is 0 Å². The number of hydrogen-bond donors (Lipinski definition) is 1. The summed E-state index contributed by atoms with van der Waals surface area (Å²) < 4.78 is 79.6. The van der Waals surface area contributed by atoms with Crippen LogP contribution in [0.15, 0.2) is 35.3 Å². The Bertz CT molecular complexity index is 1320. The van der Waals surface area contributed by atoms with E-state index in [1.807, 2.05) is 0 Å². The van der Waals surface area contributed by atoms with E-state index in [1.165, 1.54) is 30.3 Å². The molecule has 15 nitrogen and oxygen atoms in total. The molecule has 6 atom stereocenters. The average Bonchev–Trinajstić information content (AvgIpc) is 2.93. The van der Waals surface area contributed by atoms with Crippen LogP contribution >= 0.6 is 0 Å². The lowest BCUT2D eigenvalue weighted by Gasteiger charge is -2.48. The summed E-state index contributed by atoms with van der Waals surface area (Å²) in [5.41, 5.74) is -0.246. The third-order valence-electron chi connectivity index (χ3n) is 5.99. The van der Waals surface area contributed by atoms with E-state index in [0.717, 1.165) is 41.7 Å². The molecule has 1 aliphatic heterocycles. The Kier molecular flexibility index (Phi) is 13.0. The fourth-order valence-corrected chi connectivity index (χ4v) is 4.42. The number of hydrogen-bond acceptors (Lipinski definition) is 14. The van der Waals surface area contributed by atoms with Crippen molar-refractivity contribution in [2.75, 3.05) is 13.7 Å². The number of benzene rings is 1. The lowest BCUT2D eigenvalue weighted by Crippen LogP contribution is -2.69. The first-order chi connectivity index (χ1) is 21.4. The molecule has 0 bridgehead atoms. The number of nitrogens with zero attached hydrogens (tertiary/aromatic N) is 1. The maximum absolute atomic E-state index is 14.3. The fraction of sp³-hybridized carbons (Fsp3) is 0.536. The summed E-state index contributed by atoms with van der Waals surface area (Å²) in [4.78, 5) is 77.2. The molecule has 0 aromatic heterocycles. The first-order valence-corrected chi connectivity index (χ1v) is 13.5. The van der Waals surface area contributed by atoms with Crippen LogP contribution in [0.3, 0.4) is 0 Å². The lowest BCUT2D eigenvalue weighted by molar-refractivity contribution is -0.298. The van der Waals surface area contributed by atoms with Gasteiger partial charge in [0.2, 0.25) is 5.91 Å². The van der Waals surface area contributed by atoms with Crippen molar-refractivity contribution in [1.82, 2.24) is 5.32 Å². The van der Waals surface area contributed by atoms with Gasteiger partial charge in [0, 0.05) is 34.6 Å². The van der Waals surface area contributed by atoms with Gasteiger partial charge in [-0.1, -0.05) is 18.2 Å². The van der Waals surface area contributed by atoms with Crippen LogP contribution in [-0.2, 0) is 61.9 Å². The van der Waals surface area contributed by atoms with Crippen molar-refractivity contribution in [1.29, 1.82) is 0 Å². The highest BCUT2D eigenvalue weighted by Gasteiger charge is 2.62. The van der Waals surface area contributed by atoms with Crippen LogP contribution in [0, 0.1) is 0 Å². The van der Waals surface area contributed by atoms with Crippen LogP contribution in [0.4, 0.5) is 18.9 Å². The summed E-state index contributed by atoms with van der Waals surface area (Å²) in [6, 6.07) is 5.07. The van der Waals surface area contributed by atoms with Gasteiger partial charge < -0.3 is 38.5 Å². The quantitative estimate of drug-likeness (QED) is 0.156. The molecule has 1 aromatic carbocycles. The molecule has 1 amide bonds. The molecule has 1 aromatic rings. The Morgan fingerprint density at radius 3 is 2.04 bits per heavy atom.